The maximum absolute atomic E-state index is 13.7. The van der Waals surface area contributed by atoms with E-state index in [4.69, 9.17) is 5.11 Å². The van der Waals surface area contributed by atoms with E-state index >= 15 is 0 Å². The zero-order chi connectivity index (χ0) is 21.4. The fourth-order valence-corrected chi connectivity index (χ4v) is 5.48. The first-order chi connectivity index (χ1) is 13.5. The molecule has 0 aliphatic carbocycles. The van der Waals surface area contributed by atoms with Crippen LogP contribution in [0.3, 0.4) is 0 Å². The minimum absolute atomic E-state index is 0.0683. The van der Waals surface area contributed by atoms with Gasteiger partial charge in [0.15, 0.2) is 0 Å². The van der Waals surface area contributed by atoms with Crippen LogP contribution in [0.5, 0.6) is 0 Å². The first-order valence-electron chi connectivity index (χ1n) is 8.38. The molecule has 0 spiro atoms. The summed E-state index contributed by atoms with van der Waals surface area (Å²) in [6.07, 6.45) is 1.51. The number of anilines is 1. The standard InChI is InChI=1S/C17H16F2N2O6S2/c18-14-9-11(10-15(19)16(14)17(22)23)20-28(24,25)12-3-5-13(6-4-12)29(26,27)21-7-1-2-8-21/h3-6,9-10,20H,1-2,7-8H2,(H,22,23). The monoisotopic (exact) mass is 446 g/mol. The Morgan fingerprint density at radius 1 is 0.931 bits per heavy atom. The van der Waals surface area contributed by atoms with Gasteiger partial charge in [-0.2, -0.15) is 4.31 Å². The maximum atomic E-state index is 13.7. The number of sulfonamides is 2. The molecule has 1 saturated heterocycles. The van der Waals surface area contributed by atoms with Gasteiger partial charge in [0.25, 0.3) is 10.0 Å². The summed E-state index contributed by atoms with van der Waals surface area (Å²) in [6, 6.07) is 5.47. The highest BCUT2D eigenvalue weighted by Gasteiger charge is 2.28. The third-order valence-corrected chi connectivity index (χ3v) is 7.66. The number of aromatic carboxylic acids is 1. The molecular weight excluding hydrogens is 430 g/mol. The van der Waals surface area contributed by atoms with Gasteiger partial charge in [-0.05, 0) is 49.2 Å². The molecule has 2 N–H and O–H groups in total. The number of carboxylic acids is 1. The van der Waals surface area contributed by atoms with Gasteiger partial charge >= 0.3 is 5.97 Å². The van der Waals surface area contributed by atoms with Crippen LogP contribution in [0.25, 0.3) is 0 Å². The Hall–Kier alpha value is -2.57. The normalized spacial score (nSPS) is 15.4. The average Bonchev–Trinajstić information content (AvgIpc) is 3.16. The summed E-state index contributed by atoms with van der Waals surface area (Å²) in [7, 11) is -8.02. The smallest absolute Gasteiger partial charge is 0.341 e. The Kier molecular flexibility index (Phi) is 5.61. The van der Waals surface area contributed by atoms with Gasteiger partial charge in [0.1, 0.15) is 17.2 Å². The Labute approximate surface area is 165 Å². The highest BCUT2D eigenvalue weighted by Crippen LogP contribution is 2.24. The lowest BCUT2D eigenvalue weighted by Crippen LogP contribution is -2.27. The van der Waals surface area contributed by atoms with Crippen molar-refractivity contribution in [2.75, 3.05) is 17.8 Å². The molecule has 0 atom stereocenters. The van der Waals surface area contributed by atoms with Gasteiger partial charge in [-0.25, -0.2) is 30.4 Å². The molecule has 1 heterocycles. The zero-order valence-electron chi connectivity index (χ0n) is 14.8. The van der Waals surface area contributed by atoms with Gasteiger partial charge in [-0.15, -0.1) is 0 Å². The van der Waals surface area contributed by atoms with Crippen molar-refractivity contribution < 1.29 is 35.5 Å². The molecule has 29 heavy (non-hydrogen) atoms. The zero-order valence-corrected chi connectivity index (χ0v) is 16.4. The van der Waals surface area contributed by atoms with Crippen molar-refractivity contribution in [1.82, 2.24) is 4.31 Å². The number of hydrogen-bond donors (Lipinski definition) is 2. The molecule has 3 rings (SSSR count). The number of nitrogens with zero attached hydrogens (tertiary/aromatic N) is 1. The molecule has 2 aromatic rings. The number of carbonyl (C=O) groups is 1. The van der Waals surface area contributed by atoms with E-state index < -0.39 is 48.9 Å². The van der Waals surface area contributed by atoms with E-state index in [2.05, 4.69) is 0 Å². The summed E-state index contributed by atoms with van der Waals surface area (Å²) < 4.78 is 80.5. The fourth-order valence-electron chi connectivity index (χ4n) is 2.92. The molecule has 1 aliphatic heterocycles. The number of hydrogen-bond acceptors (Lipinski definition) is 5. The van der Waals surface area contributed by atoms with Crippen LogP contribution < -0.4 is 4.72 Å². The number of rotatable bonds is 6. The molecule has 1 aliphatic rings. The quantitative estimate of drug-likeness (QED) is 0.702. The lowest BCUT2D eigenvalue weighted by Gasteiger charge is -2.16. The topological polar surface area (TPSA) is 121 Å². The van der Waals surface area contributed by atoms with E-state index in [1.54, 1.807) is 0 Å². The van der Waals surface area contributed by atoms with Gasteiger partial charge in [0, 0.05) is 13.1 Å². The largest absolute Gasteiger partial charge is 0.477 e. The number of benzene rings is 2. The van der Waals surface area contributed by atoms with Gasteiger partial charge < -0.3 is 5.11 Å². The van der Waals surface area contributed by atoms with Crippen LogP contribution in [0.4, 0.5) is 14.5 Å². The van der Waals surface area contributed by atoms with Crippen molar-refractivity contribution in [2.24, 2.45) is 0 Å². The first kappa shape index (κ1) is 21.1. The van der Waals surface area contributed by atoms with E-state index in [1.165, 1.54) is 4.31 Å². The van der Waals surface area contributed by atoms with E-state index in [9.17, 15) is 30.4 Å². The molecule has 0 aromatic heterocycles. The maximum Gasteiger partial charge on any atom is 0.341 e. The van der Waals surface area contributed by atoms with Crippen molar-refractivity contribution in [3.05, 3.63) is 53.6 Å². The second-order valence-electron chi connectivity index (χ2n) is 6.31. The van der Waals surface area contributed by atoms with Gasteiger partial charge in [-0.3, -0.25) is 4.72 Å². The molecule has 8 nitrogen and oxygen atoms in total. The molecule has 2 aromatic carbocycles. The molecule has 156 valence electrons. The van der Waals surface area contributed by atoms with Gasteiger partial charge in [0.2, 0.25) is 10.0 Å². The van der Waals surface area contributed by atoms with E-state index in [0.29, 0.717) is 25.2 Å². The van der Waals surface area contributed by atoms with Crippen molar-refractivity contribution in [3.63, 3.8) is 0 Å². The lowest BCUT2D eigenvalue weighted by atomic mass is 10.2. The number of halogens is 2. The first-order valence-corrected chi connectivity index (χ1v) is 11.3. The van der Waals surface area contributed by atoms with E-state index in [1.807, 2.05) is 4.72 Å². The number of carboxylic acid groups (broad SMARTS) is 1. The molecule has 0 amide bonds. The predicted molar refractivity (Wildman–Crippen MR) is 98.6 cm³/mol. The minimum atomic E-state index is -4.30. The summed E-state index contributed by atoms with van der Waals surface area (Å²) in [5.74, 6) is -4.71. The molecule has 0 unspecified atom stereocenters. The SMILES string of the molecule is O=C(O)c1c(F)cc(NS(=O)(=O)c2ccc(S(=O)(=O)N3CCCC3)cc2)cc1F. The molecule has 1 fully saturated rings. The van der Waals surface area contributed by atoms with Crippen LogP contribution in [0.15, 0.2) is 46.2 Å². The van der Waals surface area contributed by atoms with Crippen molar-refractivity contribution in [3.8, 4) is 0 Å². The fraction of sp³-hybridized carbons (Fsp3) is 0.235. The second kappa shape index (κ2) is 7.69. The van der Waals surface area contributed by atoms with Crippen LogP contribution in [-0.4, -0.2) is 45.3 Å². The highest BCUT2D eigenvalue weighted by molar-refractivity contribution is 7.92. The summed E-state index contributed by atoms with van der Waals surface area (Å²) in [6.45, 7) is 0.792. The van der Waals surface area contributed by atoms with Crippen LogP contribution in [0.1, 0.15) is 23.2 Å². The molecule has 12 heteroatoms. The Balaban J connectivity index is 1.86. The third kappa shape index (κ3) is 4.23. The summed E-state index contributed by atoms with van der Waals surface area (Å²) in [4.78, 5) is 10.4. The summed E-state index contributed by atoms with van der Waals surface area (Å²) in [5.41, 5.74) is -1.72. The summed E-state index contributed by atoms with van der Waals surface area (Å²) in [5, 5.41) is 8.75. The third-order valence-electron chi connectivity index (χ3n) is 4.35. The van der Waals surface area contributed by atoms with Crippen molar-refractivity contribution in [2.45, 2.75) is 22.6 Å². The van der Waals surface area contributed by atoms with Crippen LogP contribution >= 0.6 is 0 Å². The molecule has 0 bridgehead atoms. The number of nitrogens with one attached hydrogen (secondary N) is 1. The Morgan fingerprint density at radius 3 is 1.90 bits per heavy atom. The molecular formula is C17H16F2N2O6S2. The highest BCUT2D eigenvalue weighted by atomic mass is 32.2. The second-order valence-corrected chi connectivity index (χ2v) is 9.93. The minimum Gasteiger partial charge on any atom is -0.477 e. The van der Waals surface area contributed by atoms with Crippen molar-refractivity contribution in [1.29, 1.82) is 0 Å². The predicted octanol–water partition coefficient (Wildman–Crippen LogP) is 2.25. The van der Waals surface area contributed by atoms with Gasteiger partial charge in [-0.1, -0.05) is 0 Å². The van der Waals surface area contributed by atoms with Crippen LogP contribution in [0, 0.1) is 11.6 Å². The lowest BCUT2D eigenvalue weighted by molar-refractivity contribution is 0.0686. The van der Waals surface area contributed by atoms with Crippen LogP contribution in [-0.2, 0) is 20.0 Å². The van der Waals surface area contributed by atoms with Crippen LogP contribution in [0.2, 0.25) is 0 Å². The molecule has 0 saturated carbocycles. The Bertz CT molecular complexity index is 1140. The Morgan fingerprint density at radius 2 is 1.41 bits per heavy atom. The summed E-state index contributed by atoms with van der Waals surface area (Å²) >= 11 is 0. The molecule has 0 radical (unpaired) electrons. The van der Waals surface area contributed by atoms with E-state index in [-0.39, 0.29) is 9.79 Å². The average molecular weight is 446 g/mol. The van der Waals surface area contributed by atoms with Crippen molar-refractivity contribution >= 4 is 31.7 Å². The van der Waals surface area contributed by atoms with E-state index in [0.717, 1.165) is 37.1 Å². The van der Waals surface area contributed by atoms with Gasteiger partial charge in [0.05, 0.1) is 15.5 Å².